The van der Waals surface area contributed by atoms with Gasteiger partial charge in [-0.3, -0.25) is 4.79 Å². The first kappa shape index (κ1) is 24.1. The molecule has 0 spiro atoms. The van der Waals surface area contributed by atoms with Crippen molar-refractivity contribution < 1.29 is 22.7 Å². The van der Waals surface area contributed by atoms with Gasteiger partial charge >= 0.3 is 0 Å². The second-order valence-electron chi connectivity index (χ2n) is 8.02. The van der Waals surface area contributed by atoms with E-state index >= 15 is 0 Å². The minimum atomic E-state index is -3.57. The van der Waals surface area contributed by atoms with Gasteiger partial charge in [-0.15, -0.1) is 0 Å². The predicted octanol–water partition coefficient (Wildman–Crippen LogP) is 3.63. The van der Waals surface area contributed by atoms with E-state index in [1.807, 2.05) is 18.2 Å². The van der Waals surface area contributed by atoms with Crippen LogP contribution in [0.3, 0.4) is 0 Å². The van der Waals surface area contributed by atoms with Crippen molar-refractivity contribution in [2.75, 3.05) is 27.8 Å². The molecule has 8 heteroatoms. The van der Waals surface area contributed by atoms with Gasteiger partial charge in [-0.25, -0.2) is 8.42 Å². The molecule has 0 atom stereocenters. The van der Waals surface area contributed by atoms with E-state index in [9.17, 15) is 13.2 Å². The highest BCUT2D eigenvalue weighted by Crippen LogP contribution is 2.27. The van der Waals surface area contributed by atoms with Crippen molar-refractivity contribution in [3.8, 4) is 11.5 Å². The molecule has 0 radical (unpaired) electrons. The molecule has 7 nitrogen and oxygen atoms in total. The number of carbonyl (C=O) groups excluding carboxylic acids is 1. The Morgan fingerprint density at radius 1 is 1.03 bits per heavy atom. The monoisotopic (exact) mass is 460 g/mol. The second kappa shape index (κ2) is 10.8. The van der Waals surface area contributed by atoms with Gasteiger partial charge in [0.05, 0.1) is 19.1 Å². The van der Waals surface area contributed by atoms with Crippen molar-refractivity contribution >= 4 is 15.9 Å². The molecule has 1 N–H and O–H groups in total. The summed E-state index contributed by atoms with van der Waals surface area (Å²) in [5.74, 6) is 1.20. The van der Waals surface area contributed by atoms with E-state index in [0.717, 1.165) is 42.7 Å². The van der Waals surface area contributed by atoms with Crippen molar-refractivity contribution in [2.24, 2.45) is 0 Å². The van der Waals surface area contributed by atoms with E-state index in [0.29, 0.717) is 18.5 Å². The Balaban J connectivity index is 1.60. The number of hydrogen-bond donors (Lipinski definition) is 1. The topological polar surface area (TPSA) is 84.9 Å². The van der Waals surface area contributed by atoms with E-state index < -0.39 is 10.0 Å². The zero-order chi connectivity index (χ0) is 23.1. The number of amides is 1. The lowest BCUT2D eigenvalue weighted by Crippen LogP contribution is -2.38. The van der Waals surface area contributed by atoms with Crippen LogP contribution in [0.25, 0.3) is 0 Å². The maximum atomic E-state index is 13.0. The van der Waals surface area contributed by atoms with Gasteiger partial charge in [0.2, 0.25) is 10.0 Å². The Kier molecular flexibility index (Phi) is 8.15. The van der Waals surface area contributed by atoms with Crippen LogP contribution in [0, 0.1) is 0 Å². The number of sulfonamides is 1. The van der Waals surface area contributed by atoms with E-state index in [4.69, 9.17) is 9.47 Å². The molecule has 0 bridgehead atoms. The molecule has 3 rings (SSSR count). The number of hydrogen-bond acceptors (Lipinski definition) is 5. The number of ether oxygens (including phenoxy) is 2. The van der Waals surface area contributed by atoms with E-state index in [-0.39, 0.29) is 16.8 Å². The van der Waals surface area contributed by atoms with Crippen LogP contribution in [0.2, 0.25) is 0 Å². The summed E-state index contributed by atoms with van der Waals surface area (Å²) in [5, 5.41) is 2.87. The van der Waals surface area contributed by atoms with Gasteiger partial charge in [-0.1, -0.05) is 19.3 Å². The molecule has 0 heterocycles. The molecule has 32 heavy (non-hydrogen) atoms. The highest BCUT2D eigenvalue weighted by molar-refractivity contribution is 7.89. The molecule has 174 valence electrons. The minimum Gasteiger partial charge on any atom is -0.497 e. The van der Waals surface area contributed by atoms with E-state index in [1.54, 1.807) is 33.4 Å². The number of nitrogens with one attached hydrogen (secondary N) is 1. The van der Waals surface area contributed by atoms with Crippen molar-refractivity contribution in [1.82, 2.24) is 9.62 Å². The Bertz CT molecular complexity index is 1020. The van der Waals surface area contributed by atoms with Crippen molar-refractivity contribution in [2.45, 2.75) is 49.5 Å². The first-order valence-electron chi connectivity index (χ1n) is 10.9. The molecule has 2 aromatic carbocycles. The summed E-state index contributed by atoms with van der Waals surface area (Å²) in [6, 6.07) is 11.7. The van der Waals surface area contributed by atoms with Crippen LogP contribution in [0.4, 0.5) is 0 Å². The molecule has 0 aliphatic heterocycles. The maximum absolute atomic E-state index is 13.0. The van der Waals surface area contributed by atoms with Crippen LogP contribution >= 0.6 is 0 Å². The lowest BCUT2D eigenvalue weighted by atomic mass is 9.96. The van der Waals surface area contributed by atoms with Gasteiger partial charge in [0.1, 0.15) is 11.5 Å². The molecule has 0 aromatic heterocycles. The summed E-state index contributed by atoms with van der Waals surface area (Å²) in [5.41, 5.74) is 1.35. The zero-order valence-corrected chi connectivity index (χ0v) is 19.8. The van der Waals surface area contributed by atoms with Crippen LogP contribution in [-0.4, -0.2) is 52.5 Å². The summed E-state index contributed by atoms with van der Waals surface area (Å²) in [7, 11) is 1.28. The highest BCUT2D eigenvalue weighted by atomic mass is 32.2. The Morgan fingerprint density at radius 2 is 1.72 bits per heavy atom. The van der Waals surface area contributed by atoms with Crippen LogP contribution in [0.1, 0.15) is 48.0 Å². The Hall–Kier alpha value is -2.58. The summed E-state index contributed by atoms with van der Waals surface area (Å²) in [4.78, 5) is 12.7. The minimum absolute atomic E-state index is 0.0466. The molecule has 1 saturated carbocycles. The van der Waals surface area contributed by atoms with Gasteiger partial charge in [-0.05, 0) is 67.3 Å². The standard InChI is InChI=1S/C24H32N2O5S/c1-26(20-7-5-4-6-8-20)32(28,29)22-12-9-18(10-13-22)24(27)25-16-15-19-17-21(30-2)11-14-23(19)31-3/h9-14,17,20H,4-8,15-16H2,1-3H3,(H,25,27). The molecular formula is C24H32N2O5S. The molecule has 1 amide bonds. The first-order chi connectivity index (χ1) is 15.4. The Morgan fingerprint density at radius 3 is 2.34 bits per heavy atom. The molecule has 0 unspecified atom stereocenters. The fourth-order valence-electron chi connectivity index (χ4n) is 4.08. The predicted molar refractivity (Wildman–Crippen MR) is 124 cm³/mol. The summed E-state index contributed by atoms with van der Waals surface area (Å²) >= 11 is 0. The number of nitrogens with zero attached hydrogens (tertiary/aromatic N) is 1. The number of carbonyl (C=O) groups is 1. The molecule has 1 aliphatic carbocycles. The lowest BCUT2D eigenvalue weighted by molar-refractivity contribution is 0.0954. The SMILES string of the molecule is COc1ccc(OC)c(CCNC(=O)c2ccc(S(=O)(=O)N(C)C3CCCCC3)cc2)c1. The molecule has 1 aliphatic rings. The highest BCUT2D eigenvalue weighted by Gasteiger charge is 2.29. The zero-order valence-electron chi connectivity index (χ0n) is 19.0. The summed E-state index contributed by atoms with van der Waals surface area (Å²) in [6.45, 7) is 0.410. The van der Waals surface area contributed by atoms with Gasteiger partial charge in [0.15, 0.2) is 0 Å². The third-order valence-corrected chi connectivity index (χ3v) is 7.97. The quantitative estimate of drug-likeness (QED) is 0.618. The number of rotatable bonds is 9. The van der Waals surface area contributed by atoms with Crippen LogP contribution in [0.5, 0.6) is 11.5 Å². The van der Waals surface area contributed by atoms with Crippen molar-refractivity contribution in [1.29, 1.82) is 0 Å². The molecular weight excluding hydrogens is 428 g/mol. The van der Waals surface area contributed by atoms with Gasteiger partial charge in [0, 0.05) is 25.2 Å². The number of methoxy groups -OCH3 is 2. The van der Waals surface area contributed by atoms with Crippen molar-refractivity contribution in [3.63, 3.8) is 0 Å². The third kappa shape index (κ3) is 5.61. The molecule has 2 aromatic rings. The largest absolute Gasteiger partial charge is 0.497 e. The summed E-state index contributed by atoms with van der Waals surface area (Å²) < 4.78 is 38.0. The maximum Gasteiger partial charge on any atom is 0.251 e. The molecule has 1 fully saturated rings. The fourth-order valence-corrected chi connectivity index (χ4v) is 5.49. The third-order valence-electron chi connectivity index (χ3n) is 6.05. The van der Waals surface area contributed by atoms with Gasteiger partial charge in [-0.2, -0.15) is 4.31 Å². The van der Waals surface area contributed by atoms with Crippen LogP contribution in [-0.2, 0) is 16.4 Å². The first-order valence-corrected chi connectivity index (χ1v) is 12.4. The van der Waals surface area contributed by atoms with Gasteiger partial charge in [0.25, 0.3) is 5.91 Å². The lowest BCUT2D eigenvalue weighted by Gasteiger charge is -2.30. The number of benzene rings is 2. The average molecular weight is 461 g/mol. The van der Waals surface area contributed by atoms with Crippen LogP contribution in [0.15, 0.2) is 47.4 Å². The Labute approximate surface area is 190 Å². The smallest absolute Gasteiger partial charge is 0.251 e. The summed E-state index contributed by atoms with van der Waals surface area (Å²) in [6.07, 6.45) is 5.66. The fraction of sp³-hybridized carbons (Fsp3) is 0.458. The van der Waals surface area contributed by atoms with Crippen LogP contribution < -0.4 is 14.8 Å². The normalized spacial score (nSPS) is 14.9. The molecule has 0 saturated heterocycles. The second-order valence-corrected chi connectivity index (χ2v) is 10.0. The average Bonchev–Trinajstić information content (AvgIpc) is 2.84. The van der Waals surface area contributed by atoms with Crippen molar-refractivity contribution in [3.05, 3.63) is 53.6 Å². The van der Waals surface area contributed by atoms with E-state index in [2.05, 4.69) is 5.32 Å². The van der Waals surface area contributed by atoms with Gasteiger partial charge < -0.3 is 14.8 Å². The van der Waals surface area contributed by atoms with E-state index in [1.165, 1.54) is 22.9 Å².